The largest absolute Gasteiger partial charge is 0.365 e. The maximum absolute atomic E-state index is 13.5. The van der Waals surface area contributed by atoms with Crippen LogP contribution in [0.15, 0.2) is 58.3 Å². The molecule has 7 nitrogen and oxygen atoms in total. The molecule has 0 amide bonds. The second kappa shape index (κ2) is 7.30. The standard InChI is InChI=1S/C20H25N3O4S2/c1-21(2)28(24,25)17-10-12-18(13-11-17)29(26,27)23-15-16-7-5-6-14-22(16)19-8-3-4-9-20(19)23/h3-4,8-13,16H,5-7,14-15H2,1-2H3. The molecule has 1 saturated heterocycles. The monoisotopic (exact) mass is 435 g/mol. The summed E-state index contributed by atoms with van der Waals surface area (Å²) >= 11 is 0. The Labute approximate surface area is 172 Å². The first-order chi connectivity index (χ1) is 13.7. The van der Waals surface area contributed by atoms with E-state index in [4.69, 9.17) is 0 Å². The Kier molecular flexibility index (Phi) is 5.08. The zero-order chi connectivity index (χ0) is 20.8. The summed E-state index contributed by atoms with van der Waals surface area (Å²) < 4.78 is 54.1. The van der Waals surface area contributed by atoms with E-state index in [2.05, 4.69) is 4.90 Å². The minimum Gasteiger partial charge on any atom is -0.365 e. The van der Waals surface area contributed by atoms with Crippen molar-refractivity contribution in [3.63, 3.8) is 0 Å². The minimum atomic E-state index is -3.81. The highest BCUT2D eigenvalue weighted by molar-refractivity contribution is 7.93. The predicted octanol–water partition coefficient (Wildman–Crippen LogP) is 2.50. The molecule has 0 saturated carbocycles. The van der Waals surface area contributed by atoms with E-state index in [1.54, 1.807) is 0 Å². The average molecular weight is 436 g/mol. The molecule has 1 unspecified atom stereocenters. The molecule has 0 bridgehead atoms. The van der Waals surface area contributed by atoms with Crippen molar-refractivity contribution in [2.45, 2.75) is 35.1 Å². The van der Waals surface area contributed by atoms with Crippen LogP contribution in [-0.4, -0.2) is 54.4 Å². The van der Waals surface area contributed by atoms with Crippen LogP contribution < -0.4 is 9.21 Å². The van der Waals surface area contributed by atoms with E-state index in [0.717, 1.165) is 35.8 Å². The maximum atomic E-state index is 13.5. The Hall–Kier alpha value is -2.10. The molecule has 1 atom stereocenters. The highest BCUT2D eigenvalue weighted by Crippen LogP contribution is 2.41. The summed E-state index contributed by atoms with van der Waals surface area (Å²) in [6.45, 7) is 1.34. The SMILES string of the molecule is CN(C)S(=O)(=O)c1ccc(S(=O)(=O)N2CC3CCCCN3c3ccccc32)cc1. The summed E-state index contributed by atoms with van der Waals surface area (Å²) in [6, 6.07) is 13.2. The number of benzene rings is 2. The molecule has 2 aliphatic heterocycles. The number of hydrogen-bond donors (Lipinski definition) is 0. The van der Waals surface area contributed by atoms with Crippen LogP contribution in [0.2, 0.25) is 0 Å². The number of anilines is 2. The number of fused-ring (bicyclic) bond motifs is 3. The van der Waals surface area contributed by atoms with E-state index >= 15 is 0 Å². The van der Waals surface area contributed by atoms with Gasteiger partial charge >= 0.3 is 0 Å². The fraction of sp³-hybridized carbons (Fsp3) is 0.400. The van der Waals surface area contributed by atoms with Crippen LogP contribution in [0.4, 0.5) is 11.4 Å². The first kappa shape index (κ1) is 20.2. The topological polar surface area (TPSA) is 78.0 Å². The van der Waals surface area contributed by atoms with E-state index < -0.39 is 20.0 Å². The van der Waals surface area contributed by atoms with Gasteiger partial charge in [0, 0.05) is 26.7 Å². The summed E-state index contributed by atoms with van der Waals surface area (Å²) in [4.78, 5) is 2.48. The van der Waals surface area contributed by atoms with Gasteiger partial charge in [0.1, 0.15) is 0 Å². The Bertz CT molecular complexity index is 1110. The molecule has 0 aromatic heterocycles. The van der Waals surface area contributed by atoms with Crippen LogP contribution in [0.25, 0.3) is 0 Å². The molecule has 4 rings (SSSR count). The van der Waals surface area contributed by atoms with Gasteiger partial charge in [0.2, 0.25) is 10.0 Å². The normalized spacial score (nSPS) is 19.8. The Morgan fingerprint density at radius 3 is 2.14 bits per heavy atom. The molecule has 0 radical (unpaired) electrons. The van der Waals surface area contributed by atoms with Crippen LogP contribution in [-0.2, 0) is 20.0 Å². The van der Waals surface area contributed by atoms with Gasteiger partial charge in [-0.2, -0.15) is 0 Å². The number of sulfonamides is 2. The lowest BCUT2D eigenvalue weighted by Crippen LogP contribution is -2.52. The summed E-state index contributed by atoms with van der Waals surface area (Å²) in [5, 5.41) is 0. The summed E-state index contributed by atoms with van der Waals surface area (Å²) in [6.07, 6.45) is 3.16. The van der Waals surface area contributed by atoms with Gasteiger partial charge in [-0.05, 0) is 55.7 Å². The number of piperidine rings is 1. The van der Waals surface area contributed by atoms with Gasteiger partial charge in [0.05, 0.1) is 27.7 Å². The van der Waals surface area contributed by atoms with Crippen molar-refractivity contribution in [1.29, 1.82) is 0 Å². The lowest BCUT2D eigenvalue weighted by Gasteiger charge is -2.46. The second-order valence-electron chi connectivity index (χ2n) is 7.63. The van der Waals surface area contributed by atoms with Gasteiger partial charge in [-0.25, -0.2) is 21.1 Å². The fourth-order valence-electron chi connectivity index (χ4n) is 4.06. The van der Waals surface area contributed by atoms with Gasteiger partial charge in [-0.15, -0.1) is 0 Å². The van der Waals surface area contributed by atoms with Crippen molar-refractivity contribution in [3.8, 4) is 0 Å². The molecule has 9 heteroatoms. The van der Waals surface area contributed by atoms with Crippen molar-refractivity contribution in [2.75, 3.05) is 36.4 Å². The number of rotatable bonds is 4. The third-order valence-electron chi connectivity index (χ3n) is 5.65. The minimum absolute atomic E-state index is 0.0685. The third kappa shape index (κ3) is 3.41. The van der Waals surface area contributed by atoms with Crippen molar-refractivity contribution in [3.05, 3.63) is 48.5 Å². The van der Waals surface area contributed by atoms with Gasteiger partial charge in [0.15, 0.2) is 0 Å². The van der Waals surface area contributed by atoms with E-state index in [0.29, 0.717) is 12.2 Å². The molecule has 0 spiro atoms. The second-order valence-corrected chi connectivity index (χ2v) is 11.6. The molecule has 156 valence electrons. The quantitative estimate of drug-likeness (QED) is 0.737. The fourth-order valence-corrected chi connectivity index (χ4v) is 6.48. The molecule has 2 heterocycles. The van der Waals surface area contributed by atoms with E-state index in [-0.39, 0.29) is 15.8 Å². The van der Waals surface area contributed by atoms with Gasteiger partial charge < -0.3 is 4.90 Å². The smallest absolute Gasteiger partial charge is 0.264 e. The molecule has 2 aromatic rings. The zero-order valence-corrected chi connectivity index (χ0v) is 18.2. The van der Waals surface area contributed by atoms with Gasteiger partial charge in [-0.3, -0.25) is 4.31 Å². The van der Waals surface area contributed by atoms with Crippen LogP contribution >= 0.6 is 0 Å². The van der Waals surface area contributed by atoms with E-state index in [9.17, 15) is 16.8 Å². The van der Waals surface area contributed by atoms with E-state index in [1.165, 1.54) is 42.7 Å². The predicted molar refractivity (Wildman–Crippen MR) is 113 cm³/mol. The summed E-state index contributed by atoms with van der Waals surface area (Å²) in [5.74, 6) is 0. The van der Waals surface area contributed by atoms with E-state index in [1.807, 2.05) is 24.3 Å². The number of para-hydroxylation sites is 2. The van der Waals surface area contributed by atoms with Crippen molar-refractivity contribution in [2.24, 2.45) is 0 Å². The Morgan fingerprint density at radius 1 is 0.862 bits per heavy atom. The molecule has 29 heavy (non-hydrogen) atoms. The number of nitrogens with zero attached hydrogens (tertiary/aromatic N) is 3. The van der Waals surface area contributed by atoms with Crippen molar-refractivity contribution in [1.82, 2.24) is 4.31 Å². The molecule has 1 fully saturated rings. The Morgan fingerprint density at radius 2 is 1.48 bits per heavy atom. The zero-order valence-electron chi connectivity index (χ0n) is 16.5. The molecule has 0 N–H and O–H groups in total. The average Bonchev–Trinajstić information content (AvgIpc) is 2.73. The van der Waals surface area contributed by atoms with Crippen molar-refractivity contribution < 1.29 is 16.8 Å². The third-order valence-corrected chi connectivity index (χ3v) is 9.28. The van der Waals surface area contributed by atoms with Crippen LogP contribution in [0.3, 0.4) is 0 Å². The van der Waals surface area contributed by atoms with Gasteiger partial charge in [0.25, 0.3) is 10.0 Å². The molecule has 2 aromatic carbocycles. The van der Waals surface area contributed by atoms with Crippen LogP contribution in [0.1, 0.15) is 19.3 Å². The molecule has 0 aliphatic carbocycles. The van der Waals surface area contributed by atoms with Crippen LogP contribution in [0, 0.1) is 0 Å². The Balaban J connectivity index is 1.74. The van der Waals surface area contributed by atoms with Crippen molar-refractivity contribution >= 4 is 31.4 Å². The molecule has 2 aliphatic rings. The molecular weight excluding hydrogens is 410 g/mol. The van der Waals surface area contributed by atoms with Gasteiger partial charge in [-0.1, -0.05) is 12.1 Å². The van der Waals surface area contributed by atoms with Crippen LogP contribution in [0.5, 0.6) is 0 Å². The molecular formula is C20H25N3O4S2. The highest BCUT2D eigenvalue weighted by atomic mass is 32.2. The first-order valence-corrected chi connectivity index (χ1v) is 12.5. The lowest BCUT2D eigenvalue weighted by atomic mass is 9.98. The lowest BCUT2D eigenvalue weighted by molar-refractivity contribution is 0.454. The summed E-state index contributed by atoms with van der Waals surface area (Å²) in [7, 11) is -4.53. The number of hydrogen-bond acceptors (Lipinski definition) is 5. The maximum Gasteiger partial charge on any atom is 0.264 e. The first-order valence-electron chi connectivity index (χ1n) is 9.64. The highest BCUT2D eigenvalue weighted by Gasteiger charge is 2.38. The summed E-state index contributed by atoms with van der Waals surface area (Å²) in [5.41, 5.74) is 1.62.